The summed E-state index contributed by atoms with van der Waals surface area (Å²) in [6, 6.07) is 1.28. The first-order valence-electron chi connectivity index (χ1n) is 7.20. The van der Waals surface area contributed by atoms with Gasteiger partial charge in [0.2, 0.25) is 11.3 Å². The molecule has 0 amide bonds. The monoisotopic (exact) mass is 338 g/mol. The van der Waals surface area contributed by atoms with Gasteiger partial charge in [-0.1, -0.05) is 11.6 Å². The number of furan rings is 1. The van der Waals surface area contributed by atoms with Crippen LogP contribution in [-0.2, 0) is 17.7 Å². The molecule has 0 spiro atoms. The van der Waals surface area contributed by atoms with Crippen LogP contribution in [0.15, 0.2) is 10.5 Å². The van der Waals surface area contributed by atoms with Crippen molar-refractivity contribution >= 4 is 34.2 Å². The molecule has 23 heavy (non-hydrogen) atoms. The third kappa shape index (κ3) is 2.55. The van der Waals surface area contributed by atoms with Crippen LogP contribution < -0.4 is 0 Å². The van der Waals surface area contributed by atoms with Crippen LogP contribution in [0.3, 0.4) is 0 Å². The molecule has 0 unspecified atom stereocenters. The highest BCUT2D eigenvalue weighted by atomic mass is 35.5. The number of halogens is 1. The van der Waals surface area contributed by atoms with Crippen molar-refractivity contribution in [2.24, 2.45) is 0 Å². The predicted octanol–water partition coefficient (Wildman–Crippen LogP) is 3.16. The number of carbonyl (C=O) groups is 1. The second-order valence-corrected chi connectivity index (χ2v) is 5.84. The molecule has 0 saturated carbocycles. The maximum atomic E-state index is 12.2. The molecular formula is C15H15ClN2O5. The molecule has 8 heteroatoms. The van der Waals surface area contributed by atoms with Crippen LogP contribution in [-0.4, -0.2) is 36.0 Å². The number of nitro benzene ring substituents is 1. The van der Waals surface area contributed by atoms with Crippen molar-refractivity contribution in [2.45, 2.75) is 19.9 Å². The zero-order chi connectivity index (χ0) is 16.7. The van der Waals surface area contributed by atoms with E-state index in [2.05, 4.69) is 0 Å². The van der Waals surface area contributed by atoms with Crippen LogP contribution in [0.25, 0.3) is 11.0 Å². The van der Waals surface area contributed by atoms with Gasteiger partial charge in [0.1, 0.15) is 0 Å². The van der Waals surface area contributed by atoms with Crippen LogP contribution in [0, 0.1) is 10.1 Å². The number of non-ortho nitro benzene ring substituents is 1. The summed E-state index contributed by atoms with van der Waals surface area (Å²) in [5.74, 6) is -0.604. The molecule has 3 rings (SSSR count). The van der Waals surface area contributed by atoms with Crippen molar-refractivity contribution < 1.29 is 18.9 Å². The first kappa shape index (κ1) is 15.8. The Morgan fingerprint density at radius 1 is 1.52 bits per heavy atom. The summed E-state index contributed by atoms with van der Waals surface area (Å²) in [6.45, 7) is 3.05. The average Bonchev–Trinajstić information content (AvgIpc) is 2.75. The largest absolute Gasteiger partial charge is 0.460 e. The topological polar surface area (TPSA) is 85.8 Å². The Morgan fingerprint density at radius 3 is 2.91 bits per heavy atom. The van der Waals surface area contributed by atoms with Crippen LogP contribution in [0.4, 0.5) is 5.69 Å². The van der Waals surface area contributed by atoms with E-state index >= 15 is 0 Å². The Labute approximate surface area is 136 Å². The molecule has 7 nitrogen and oxygen atoms in total. The number of rotatable bonds is 3. The number of hydrogen-bond acceptors (Lipinski definition) is 6. The third-order valence-corrected chi connectivity index (χ3v) is 4.26. The summed E-state index contributed by atoms with van der Waals surface area (Å²) in [5, 5.41) is 12.2. The van der Waals surface area contributed by atoms with Gasteiger partial charge in [-0.15, -0.1) is 0 Å². The molecule has 0 saturated heterocycles. The van der Waals surface area contributed by atoms with Crippen molar-refractivity contribution in [1.82, 2.24) is 4.90 Å². The average molecular weight is 339 g/mol. The third-order valence-electron chi connectivity index (χ3n) is 3.92. The molecule has 1 aliphatic rings. The lowest BCUT2D eigenvalue weighted by molar-refractivity contribution is -0.383. The zero-order valence-electron chi connectivity index (χ0n) is 12.7. The van der Waals surface area contributed by atoms with Crippen molar-refractivity contribution in [3.8, 4) is 0 Å². The van der Waals surface area contributed by atoms with Crippen molar-refractivity contribution in [2.75, 3.05) is 20.2 Å². The number of ether oxygens (including phenoxy) is 1. The van der Waals surface area contributed by atoms with Gasteiger partial charge in [0.15, 0.2) is 0 Å². The quantitative estimate of drug-likeness (QED) is 0.485. The number of hydrogen-bond donors (Lipinski definition) is 0. The van der Waals surface area contributed by atoms with Gasteiger partial charge < -0.3 is 14.1 Å². The minimum absolute atomic E-state index is 0.0159. The molecule has 0 radical (unpaired) electrons. The molecule has 0 fully saturated rings. The van der Waals surface area contributed by atoms with Crippen molar-refractivity contribution in [3.05, 3.63) is 38.1 Å². The predicted molar refractivity (Wildman–Crippen MR) is 83.9 cm³/mol. The molecule has 1 aromatic heterocycles. The summed E-state index contributed by atoms with van der Waals surface area (Å²) < 4.78 is 10.6. The van der Waals surface area contributed by atoms with Gasteiger partial charge in [-0.2, -0.15) is 0 Å². The zero-order valence-corrected chi connectivity index (χ0v) is 13.5. The van der Waals surface area contributed by atoms with E-state index < -0.39 is 10.9 Å². The highest BCUT2D eigenvalue weighted by Crippen LogP contribution is 2.41. The standard InChI is InChI=1S/C15H15ClN2O5/c1-3-22-15(19)13-9-7-17(2)5-4-8-10(16)6-11(18(20)21)14(23-13)12(8)9/h6H,3-5,7H2,1-2H3. The molecule has 2 heterocycles. The SMILES string of the molecule is CCOC(=O)c1oc2c([N+](=O)[O-])cc(Cl)c3c2c1CN(C)CC3. The summed E-state index contributed by atoms with van der Waals surface area (Å²) >= 11 is 6.25. The van der Waals surface area contributed by atoms with E-state index in [4.69, 9.17) is 20.8 Å². The van der Waals surface area contributed by atoms with E-state index in [9.17, 15) is 14.9 Å². The second-order valence-electron chi connectivity index (χ2n) is 5.44. The minimum atomic E-state index is -0.620. The normalized spacial score (nSPS) is 14.7. The van der Waals surface area contributed by atoms with Crippen LogP contribution >= 0.6 is 11.6 Å². The van der Waals surface area contributed by atoms with Gasteiger partial charge in [0.05, 0.1) is 16.6 Å². The van der Waals surface area contributed by atoms with E-state index in [1.807, 2.05) is 11.9 Å². The van der Waals surface area contributed by atoms with E-state index in [-0.39, 0.29) is 23.6 Å². The van der Waals surface area contributed by atoms with Gasteiger partial charge in [-0.25, -0.2) is 4.79 Å². The highest BCUT2D eigenvalue weighted by Gasteiger charge is 2.32. The van der Waals surface area contributed by atoms with Crippen molar-refractivity contribution in [1.29, 1.82) is 0 Å². The molecule has 1 aliphatic heterocycles. The van der Waals surface area contributed by atoms with Crippen LogP contribution in [0.1, 0.15) is 28.6 Å². The van der Waals surface area contributed by atoms with Gasteiger partial charge >= 0.3 is 11.7 Å². The van der Waals surface area contributed by atoms with Gasteiger partial charge in [-0.3, -0.25) is 10.1 Å². The molecule has 0 N–H and O–H groups in total. The van der Waals surface area contributed by atoms with Gasteiger partial charge in [0, 0.05) is 30.1 Å². The summed E-state index contributed by atoms with van der Waals surface area (Å²) in [7, 11) is 1.90. The van der Waals surface area contributed by atoms with E-state index in [0.717, 1.165) is 12.1 Å². The van der Waals surface area contributed by atoms with Gasteiger partial charge in [0.25, 0.3) is 0 Å². The Balaban J connectivity index is 2.36. The second kappa shape index (κ2) is 5.82. The van der Waals surface area contributed by atoms with Crippen molar-refractivity contribution in [3.63, 3.8) is 0 Å². The number of carbonyl (C=O) groups excluding carboxylic acids is 1. The molecule has 0 atom stereocenters. The fraction of sp³-hybridized carbons (Fsp3) is 0.400. The highest BCUT2D eigenvalue weighted by molar-refractivity contribution is 6.33. The maximum Gasteiger partial charge on any atom is 0.374 e. The molecular weight excluding hydrogens is 324 g/mol. The number of esters is 1. The molecule has 122 valence electrons. The Hall–Kier alpha value is -2.12. The Morgan fingerprint density at radius 2 is 2.26 bits per heavy atom. The Kier molecular flexibility index (Phi) is 3.99. The molecule has 2 aromatic rings. The summed E-state index contributed by atoms with van der Waals surface area (Å²) in [6.07, 6.45) is 0.624. The molecule has 0 bridgehead atoms. The first-order valence-corrected chi connectivity index (χ1v) is 7.58. The number of likely N-dealkylation sites (N-methyl/N-ethyl adjacent to an activating group) is 1. The molecule has 1 aromatic carbocycles. The van der Waals surface area contributed by atoms with E-state index in [1.54, 1.807) is 6.92 Å². The fourth-order valence-corrected chi connectivity index (χ4v) is 3.19. The number of benzene rings is 1. The lowest BCUT2D eigenvalue weighted by Gasteiger charge is -2.13. The number of nitro groups is 1. The van der Waals surface area contributed by atoms with Crippen LogP contribution in [0.2, 0.25) is 5.02 Å². The number of nitrogens with zero attached hydrogens (tertiary/aromatic N) is 2. The van der Waals surface area contributed by atoms with E-state index in [0.29, 0.717) is 28.9 Å². The lowest BCUT2D eigenvalue weighted by atomic mass is 10.0. The fourth-order valence-electron chi connectivity index (χ4n) is 2.90. The lowest BCUT2D eigenvalue weighted by Crippen LogP contribution is -2.20. The minimum Gasteiger partial charge on any atom is -0.460 e. The van der Waals surface area contributed by atoms with E-state index in [1.165, 1.54) is 6.07 Å². The van der Waals surface area contributed by atoms with Crippen LogP contribution in [0.5, 0.6) is 0 Å². The molecule has 0 aliphatic carbocycles. The smallest absolute Gasteiger partial charge is 0.374 e. The Bertz CT molecular complexity index is 814. The maximum absolute atomic E-state index is 12.2. The van der Waals surface area contributed by atoms with Gasteiger partial charge in [-0.05, 0) is 26.0 Å². The summed E-state index contributed by atoms with van der Waals surface area (Å²) in [5.41, 5.74) is 1.21. The summed E-state index contributed by atoms with van der Waals surface area (Å²) in [4.78, 5) is 24.9. The first-order chi connectivity index (χ1) is 10.9.